The zero-order chi connectivity index (χ0) is 25.0. The lowest BCUT2D eigenvalue weighted by molar-refractivity contribution is -0.137. The fraction of sp³-hybridized carbons (Fsp3) is 0.720. The number of nitrogens with one attached hydrogen (secondary N) is 2. The third kappa shape index (κ3) is 4.61. The van der Waals surface area contributed by atoms with Crippen LogP contribution in [0.15, 0.2) is 18.3 Å². The van der Waals surface area contributed by atoms with Crippen molar-refractivity contribution in [3.8, 4) is 0 Å². The third-order valence-electron chi connectivity index (χ3n) is 8.90. The van der Waals surface area contributed by atoms with Crippen molar-refractivity contribution in [1.29, 1.82) is 0 Å². The fourth-order valence-corrected chi connectivity index (χ4v) is 7.49. The van der Waals surface area contributed by atoms with Crippen LogP contribution in [-0.4, -0.2) is 65.5 Å². The normalized spacial score (nSPS) is 35.6. The number of carbonyl (C=O) groups is 2. The van der Waals surface area contributed by atoms with E-state index in [-0.39, 0.29) is 29.6 Å². The molecule has 0 spiro atoms. The number of aromatic nitrogens is 1. The van der Waals surface area contributed by atoms with E-state index in [4.69, 9.17) is 0 Å². The van der Waals surface area contributed by atoms with Crippen molar-refractivity contribution in [1.82, 2.24) is 20.5 Å². The van der Waals surface area contributed by atoms with E-state index in [1.165, 1.54) is 6.07 Å². The highest BCUT2D eigenvalue weighted by atomic mass is 19.4. The molecule has 1 aromatic heterocycles. The van der Waals surface area contributed by atoms with Gasteiger partial charge in [0.2, 0.25) is 12.3 Å². The summed E-state index contributed by atoms with van der Waals surface area (Å²) in [5.41, 5.74) is -0.835. The average Bonchev–Trinajstić information content (AvgIpc) is 2.80. The van der Waals surface area contributed by atoms with Gasteiger partial charge in [0.05, 0.1) is 11.6 Å². The number of amides is 2. The Morgan fingerprint density at radius 3 is 2.49 bits per heavy atom. The molecule has 1 aromatic rings. The van der Waals surface area contributed by atoms with E-state index in [0.717, 1.165) is 50.8 Å². The second kappa shape index (κ2) is 8.94. The monoisotopic (exact) mass is 493 g/mol. The van der Waals surface area contributed by atoms with Crippen LogP contribution in [0.25, 0.3) is 0 Å². The van der Waals surface area contributed by atoms with Gasteiger partial charge in [-0.3, -0.25) is 14.5 Å². The van der Waals surface area contributed by atoms with E-state index in [0.29, 0.717) is 43.2 Å². The number of piperazine rings is 1. The van der Waals surface area contributed by atoms with E-state index in [1.54, 1.807) is 0 Å². The van der Waals surface area contributed by atoms with Gasteiger partial charge in [0, 0.05) is 43.5 Å². The summed E-state index contributed by atoms with van der Waals surface area (Å²) in [6.45, 7) is 5.79. The molecule has 192 valence electrons. The number of nitrogens with zero attached hydrogens (tertiary/aromatic N) is 3. The van der Waals surface area contributed by atoms with Crippen molar-refractivity contribution < 1.29 is 22.8 Å². The van der Waals surface area contributed by atoms with Crippen LogP contribution in [0.5, 0.6) is 0 Å². The first-order valence-electron chi connectivity index (χ1n) is 12.6. The lowest BCUT2D eigenvalue weighted by atomic mass is 9.51. The Labute approximate surface area is 203 Å². The maximum absolute atomic E-state index is 13.3. The molecule has 1 aliphatic heterocycles. The number of pyridine rings is 1. The van der Waals surface area contributed by atoms with Gasteiger partial charge >= 0.3 is 6.18 Å². The molecule has 35 heavy (non-hydrogen) atoms. The molecule has 1 saturated heterocycles. The molecule has 2 amide bonds. The summed E-state index contributed by atoms with van der Waals surface area (Å²) in [6.07, 6.45) is 2.49. The molecule has 10 heteroatoms. The minimum Gasteiger partial charge on any atom is -0.354 e. The summed E-state index contributed by atoms with van der Waals surface area (Å²) in [4.78, 5) is 32.7. The van der Waals surface area contributed by atoms with Gasteiger partial charge in [-0.05, 0) is 75.8 Å². The number of hydrogen-bond donors (Lipinski definition) is 2. The average molecular weight is 494 g/mol. The third-order valence-corrected chi connectivity index (χ3v) is 8.90. The van der Waals surface area contributed by atoms with Gasteiger partial charge in [0.1, 0.15) is 5.82 Å². The largest absolute Gasteiger partial charge is 0.417 e. The number of alkyl halides is 3. The number of carbonyl (C=O) groups excluding carboxylic acids is 2. The topological polar surface area (TPSA) is 77.6 Å². The minimum atomic E-state index is -4.40. The van der Waals surface area contributed by atoms with Crippen LogP contribution in [0.2, 0.25) is 0 Å². The number of anilines is 1. The van der Waals surface area contributed by atoms with Gasteiger partial charge in [0.25, 0.3) is 0 Å². The van der Waals surface area contributed by atoms with E-state index in [9.17, 15) is 22.8 Å². The molecule has 6 rings (SSSR count). The van der Waals surface area contributed by atoms with Crippen LogP contribution < -0.4 is 15.5 Å². The Hall–Kier alpha value is -2.36. The van der Waals surface area contributed by atoms with Gasteiger partial charge in [0.15, 0.2) is 0 Å². The maximum atomic E-state index is 13.3. The molecule has 5 aliphatic rings. The van der Waals surface area contributed by atoms with Gasteiger partial charge in [-0.25, -0.2) is 4.98 Å². The van der Waals surface area contributed by atoms with E-state index in [2.05, 4.69) is 20.5 Å². The van der Waals surface area contributed by atoms with Crippen molar-refractivity contribution in [2.45, 2.75) is 75.8 Å². The molecule has 7 nitrogen and oxygen atoms in total. The first kappa shape index (κ1) is 24.3. The fourth-order valence-electron chi connectivity index (χ4n) is 7.49. The van der Waals surface area contributed by atoms with Gasteiger partial charge < -0.3 is 15.5 Å². The Bertz CT molecular complexity index is 939. The first-order valence-corrected chi connectivity index (χ1v) is 12.6. The molecule has 4 atom stereocenters. The molecule has 5 fully saturated rings. The predicted octanol–water partition coefficient (Wildman–Crippen LogP) is 2.81. The Balaban J connectivity index is 1.18. The van der Waals surface area contributed by atoms with Crippen LogP contribution >= 0.6 is 0 Å². The summed E-state index contributed by atoms with van der Waals surface area (Å²) >= 11 is 0. The summed E-state index contributed by atoms with van der Waals surface area (Å²) in [5, 5.41) is 6.48. The predicted molar refractivity (Wildman–Crippen MR) is 124 cm³/mol. The van der Waals surface area contributed by atoms with Gasteiger partial charge in [-0.1, -0.05) is 0 Å². The standard InChI is InChI=1S/C25H34F3N5O2/c1-15-13-32(21-4-3-20(12-29-21)25(26,27)28)5-6-33(15)16(2)23(35)31-22-18-7-17-8-19(22)11-24(9-17,10-18)30-14-34/h3-4,12,14-19,22H,5-11,13H2,1-2H3,(H,30,34)(H,31,35). The smallest absolute Gasteiger partial charge is 0.354 e. The lowest BCUT2D eigenvalue weighted by Crippen LogP contribution is -2.67. The van der Waals surface area contributed by atoms with Crippen molar-refractivity contribution in [2.24, 2.45) is 17.8 Å². The molecule has 4 saturated carbocycles. The number of rotatable bonds is 6. The highest BCUT2D eigenvalue weighted by molar-refractivity contribution is 5.81. The molecule has 4 aliphatic carbocycles. The summed E-state index contributed by atoms with van der Waals surface area (Å²) in [6, 6.07) is 2.39. The lowest BCUT2D eigenvalue weighted by Gasteiger charge is -2.60. The van der Waals surface area contributed by atoms with Crippen LogP contribution in [0, 0.1) is 17.8 Å². The van der Waals surface area contributed by atoms with Crippen LogP contribution in [0.4, 0.5) is 19.0 Å². The molecule has 0 aromatic carbocycles. The first-order chi connectivity index (χ1) is 16.6. The van der Waals surface area contributed by atoms with Crippen molar-refractivity contribution in [3.63, 3.8) is 0 Å². The molecule has 4 bridgehead atoms. The zero-order valence-corrected chi connectivity index (χ0v) is 20.2. The second-order valence-electron chi connectivity index (χ2n) is 11.2. The molecular formula is C25H34F3N5O2. The number of hydrogen-bond acceptors (Lipinski definition) is 5. The minimum absolute atomic E-state index is 0.0350. The number of halogens is 3. The molecular weight excluding hydrogens is 459 g/mol. The Kier molecular flexibility index (Phi) is 6.22. The molecule has 0 radical (unpaired) electrons. The zero-order valence-electron chi connectivity index (χ0n) is 20.2. The quantitative estimate of drug-likeness (QED) is 0.596. The summed E-state index contributed by atoms with van der Waals surface area (Å²) < 4.78 is 38.5. The highest BCUT2D eigenvalue weighted by Crippen LogP contribution is 2.55. The van der Waals surface area contributed by atoms with E-state index >= 15 is 0 Å². The Morgan fingerprint density at radius 1 is 1.20 bits per heavy atom. The van der Waals surface area contributed by atoms with Crippen molar-refractivity contribution in [2.75, 3.05) is 24.5 Å². The van der Waals surface area contributed by atoms with Crippen LogP contribution in [0.3, 0.4) is 0 Å². The van der Waals surface area contributed by atoms with Crippen LogP contribution in [0.1, 0.15) is 51.5 Å². The molecule has 2 N–H and O–H groups in total. The van der Waals surface area contributed by atoms with Crippen LogP contribution in [-0.2, 0) is 15.8 Å². The van der Waals surface area contributed by atoms with Crippen molar-refractivity contribution in [3.05, 3.63) is 23.9 Å². The van der Waals surface area contributed by atoms with Gasteiger partial charge in [-0.2, -0.15) is 13.2 Å². The van der Waals surface area contributed by atoms with E-state index in [1.807, 2.05) is 18.7 Å². The van der Waals surface area contributed by atoms with E-state index < -0.39 is 11.7 Å². The Morgan fingerprint density at radius 2 is 1.91 bits per heavy atom. The summed E-state index contributed by atoms with van der Waals surface area (Å²) in [5.74, 6) is 2.01. The SMILES string of the molecule is CC1CN(c2ccc(C(F)(F)F)cn2)CCN1C(C)C(=O)NC1C2CC3CC1CC(NC=O)(C3)C2. The molecule has 2 heterocycles. The summed E-state index contributed by atoms with van der Waals surface area (Å²) in [7, 11) is 0. The highest BCUT2D eigenvalue weighted by Gasteiger charge is 2.55. The van der Waals surface area contributed by atoms with Gasteiger partial charge in [-0.15, -0.1) is 0 Å². The second-order valence-corrected chi connectivity index (χ2v) is 11.2. The maximum Gasteiger partial charge on any atom is 0.417 e. The van der Waals surface area contributed by atoms with Crippen molar-refractivity contribution >= 4 is 18.1 Å². The molecule has 4 unspecified atom stereocenters.